The Morgan fingerprint density at radius 1 is 1.18 bits per heavy atom. The average molecular weight is 467 g/mol. The number of likely N-dealkylation sites (tertiary alicyclic amines) is 1. The number of hydrogen-bond acceptors (Lipinski definition) is 7. The molecule has 0 unspecified atom stereocenters. The minimum atomic E-state index is -4.58. The van der Waals surface area contributed by atoms with E-state index < -0.39 is 11.7 Å². The highest BCUT2D eigenvalue weighted by molar-refractivity contribution is 5.76. The molecule has 3 N–H and O–H groups in total. The van der Waals surface area contributed by atoms with E-state index in [2.05, 4.69) is 31.0 Å². The van der Waals surface area contributed by atoms with Crippen LogP contribution in [-0.2, 0) is 11.0 Å². The standard InChI is InChI=1S/C21H29F3N8O/c22-21(23,24)17-13-27-20(29-15-12-28-32(14-15)16-5-8-25-9-6-16)30-19(17)26-7-3-11-31-10-2-1-4-18(31)33/h12-14,16,25H,1-11H2,(H2,26,27,29,30). The summed E-state index contributed by atoms with van der Waals surface area (Å²) >= 11 is 0. The average Bonchev–Trinajstić information content (AvgIpc) is 3.26. The molecule has 2 aromatic heterocycles. The third-order valence-corrected chi connectivity index (χ3v) is 5.95. The van der Waals surface area contributed by atoms with Gasteiger partial charge < -0.3 is 20.9 Å². The lowest BCUT2D eigenvalue weighted by atomic mass is 10.1. The molecule has 9 nitrogen and oxygen atoms in total. The summed E-state index contributed by atoms with van der Waals surface area (Å²) < 4.78 is 42.2. The Morgan fingerprint density at radius 2 is 2.00 bits per heavy atom. The maximum absolute atomic E-state index is 13.5. The number of carbonyl (C=O) groups is 1. The van der Waals surface area contributed by atoms with Crippen molar-refractivity contribution < 1.29 is 18.0 Å². The van der Waals surface area contributed by atoms with E-state index in [0.717, 1.165) is 45.0 Å². The van der Waals surface area contributed by atoms with Crippen LogP contribution in [0.1, 0.15) is 50.1 Å². The smallest absolute Gasteiger partial charge is 0.369 e. The number of piperidine rings is 2. The molecule has 0 radical (unpaired) electrons. The monoisotopic (exact) mass is 466 g/mol. The molecule has 2 aliphatic rings. The Hall–Kier alpha value is -2.89. The van der Waals surface area contributed by atoms with Crippen molar-refractivity contribution >= 4 is 23.4 Å². The first-order chi connectivity index (χ1) is 15.9. The third kappa shape index (κ3) is 6.12. The molecule has 12 heteroatoms. The van der Waals surface area contributed by atoms with Gasteiger partial charge in [0.05, 0.1) is 17.9 Å². The number of rotatable bonds is 8. The maximum Gasteiger partial charge on any atom is 0.421 e. The van der Waals surface area contributed by atoms with E-state index in [1.165, 1.54) is 0 Å². The Kier molecular flexibility index (Phi) is 7.31. The zero-order valence-corrected chi connectivity index (χ0v) is 18.4. The Bertz CT molecular complexity index is 942. The fraction of sp³-hybridized carbons (Fsp3) is 0.619. The molecule has 1 amide bonds. The van der Waals surface area contributed by atoms with Gasteiger partial charge in [-0.2, -0.15) is 23.3 Å². The molecule has 0 saturated carbocycles. The number of nitrogens with one attached hydrogen (secondary N) is 3. The van der Waals surface area contributed by atoms with Gasteiger partial charge in [0.15, 0.2) is 0 Å². The van der Waals surface area contributed by atoms with Gasteiger partial charge in [-0.3, -0.25) is 9.48 Å². The summed E-state index contributed by atoms with van der Waals surface area (Å²) in [5.74, 6) is -0.118. The van der Waals surface area contributed by atoms with Gasteiger partial charge in [0.25, 0.3) is 0 Å². The number of anilines is 3. The number of halogens is 3. The van der Waals surface area contributed by atoms with Crippen LogP contribution in [0.4, 0.5) is 30.6 Å². The second kappa shape index (κ2) is 10.4. The second-order valence-electron chi connectivity index (χ2n) is 8.39. The summed E-state index contributed by atoms with van der Waals surface area (Å²) in [6.45, 7) is 3.34. The molecule has 2 aromatic rings. The maximum atomic E-state index is 13.5. The first-order valence-electron chi connectivity index (χ1n) is 11.4. The van der Waals surface area contributed by atoms with Crippen molar-refractivity contribution in [2.24, 2.45) is 0 Å². The van der Waals surface area contributed by atoms with Gasteiger partial charge in [-0.15, -0.1) is 0 Å². The molecular formula is C21H29F3N8O. The predicted octanol–water partition coefficient (Wildman–Crippen LogP) is 3.17. The molecular weight excluding hydrogens is 437 g/mol. The van der Waals surface area contributed by atoms with Crippen molar-refractivity contribution in [3.05, 3.63) is 24.2 Å². The van der Waals surface area contributed by atoms with Crippen LogP contribution in [0.2, 0.25) is 0 Å². The van der Waals surface area contributed by atoms with E-state index in [-0.39, 0.29) is 24.2 Å². The molecule has 33 heavy (non-hydrogen) atoms. The van der Waals surface area contributed by atoms with Crippen LogP contribution in [0, 0.1) is 0 Å². The molecule has 0 aliphatic carbocycles. The van der Waals surface area contributed by atoms with Gasteiger partial charge >= 0.3 is 6.18 Å². The number of alkyl halides is 3. The molecule has 4 heterocycles. The van der Waals surface area contributed by atoms with E-state index in [4.69, 9.17) is 0 Å². The summed E-state index contributed by atoms with van der Waals surface area (Å²) in [7, 11) is 0. The van der Waals surface area contributed by atoms with Crippen molar-refractivity contribution in [2.75, 3.05) is 43.4 Å². The van der Waals surface area contributed by atoms with Crippen LogP contribution >= 0.6 is 0 Å². The summed E-state index contributed by atoms with van der Waals surface area (Å²) in [5, 5.41) is 13.4. The van der Waals surface area contributed by atoms with Crippen molar-refractivity contribution in [1.82, 2.24) is 30.0 Å². The van der Waals surface area contributed by atoms with E-state index in [1.54, 1.807) is 11.1 Å². The Morgan fingerprint density at radius 3 is 2.76 bits per heavy atom. The van der Waals surface area contributed by atoms with E-state index in [9.17, 15) is 18.0 Å². The molecule has 0 atom stereocenters. The molecule has 2 fully saturated rings. The van der Waals surface area contributed by atoms with E-state index in [1.807, 2.05) is 10.9 Å². The first-order valence-corrected chi connectivity index (χ1v) is 11.4. The van der Waals surface area contributed by atoms with Crippen LogP contribution in [0.15, 0.2) is 18.6 Å². The van der Waals surface area contributed by atoms with Gasteiger partial charge in [0.1, 0.15) is 11.4 Å². The van der Waals surface area contributed by atoms with Crippen LogP contribution in [0.5, 0.6) is 0 Å². The van der Waals surface area contributed by atoms with Crippen molar-refractivity contribution in [1.29, 1.82) is 0 Å². The largest absolute Gasteiger partial charge is 0.421 e. The molecule has 2 saturated heterocycles. The number of nitrogens with zero attached hydrogens (tertiary/aromatic N) is 5. The topological polar surface area (TPSA) is 100 Å². The van der Waals surface area contributed by atoms with Crippen LogP contribution in [0.25, 0.3) is 0 Å². The Balaban J connectivity index is 1.39. The molecule has 4 rings (SSSR count). The van der Waals surface area contributed by atoms with E-state index >= 15 is 0 Å². The normalized spacial score (nSPS) is 17.9. The lowest BCUT2D eigenvalue weighted by Gasteiger charge is -2.26. The lowest BCUT2D eigenvalue weighted by molar-refractivity contribution is -0.137. The fourth-order valence-corrected chi connectivity index (χ4v) is 4.16. The molecule has 2 aliphatic heterocycles. The number of carbonyl (C=O) groups excluding carboxylic acids is 1. The quantitative estimate of drug-likeness (QED) is 0.514. The van der Waals surface area contributed by atoms with Gasteiger partial charge in [-0.1, -0.05) is 0 Å². The predicted molar refractivity (Wildman–Crippen MR) is 117 cm³/mol. The molecule has 180 valence electrons. The second-order valence-corrected chi connectivity index (χ2v) is 8.39. The van der Waals surface area contributed by atoms with Crippen LogP contribution in [0.3, 0.4) is 0 Å². The van der Waals surface area contributed by atoms with Crippen molar-refractivity contribution in [3.63, 3.8) is 0 Å². The number of aromatic nitrogens is 4. The lowest BCUT2D eigenvalue weighted by Crippen LogP contribution is -2.36. The van der Waals surface area contributed by atoms with Crippen molar-refractivity contribution in [2.45, 2.75) is 50.7 Å². The summed E-state index contributed by atoms with van der Waals surface area (Å²) in [6, 6.07) is 0.291. The number of hydrogen-bond donors (Lipinski definition) is 3. The van der Waals surface area contributed by atoms with Crippen LogP contribution in [-0.4, -0.2) is 63.3 Å². The highest BCUT2D eigenvalue weighted by Gasteiger charge is 2.35. The first kappa shape index (κ1) is 23.3. The van der Waals surface area contributed by atoms with Gasteiger partial charge in [-0.05, 0) is 45.2 Å². The summed E-state index contributed by atoms with van der Waals surface area (Å²) in [6.07, 6.45) is 4.50. The van der Waals surface area contributed by atoms with Gasteiger partial charge in [-0.25, -0.2) is 4.98 Å². The zero-order chi connectivity index (χ0) is 23.3. The van der Waals surface area contributed by atoms with Crippen LogP contribution < -0.4 is 16.0 Å². The molecule has 0 bridgehead atoms. The Labute approximate surface area is 190 Å². The fourth-order valence-electron chi connectivity index (χ4n) is 4.16. The molecule has 0 spiro atoms. The SMILES string of the molecule is O=C1CCCCN1CCCNc1nc(Nc2cnn(C3CCNCC3)c2)ncc1C(F)(F)F. The number of amides is 1. The summed E-state index contributed by atoms with van der Waals surface area (Å²) in [5.41, 5.74) is -0.310. The van der Waals surface area contributed by atoms with Gasteiger partial charge in [0.2, 0.25) is 11.9 Å². The molecule has 0 aromatic carbocycles. The van der Waals surface area contributed by atoms with Crippen molar-refractivity contribution in [3.8, 4) is 0 Å². The summed E-state index contributed by atoms with van der Waals surface area (Å²) in [4.78, 5) is 21.6. The van der Waals surface area contributed by atoms with Gasteiger partial charge in [0, 0.05) is 38.4 Å². The minimum absolute atomic E-state index is 0.0570. The highest BCUT2D eigenvalue weighted by atomic mass is 19.4. The van der Waals surface area contributed by atoms with E-state index in [0.29, 0.717) is 37.7 Å². The third-order valence-electron chi connectivity index (χ3n) is 5.95. The minimum Gasteiger partial charge on any atom is -0.369 e. The zero-order valence-electron chi connectivity index (χ0n) is 18.4. The highest BCUT2D eigenvalue weighted by Crippen LogP contribution is 2.34.